The third-order valence-electron chi connectivity index (χ3n) is 2.03. The van der Waals surface area contributed by atoms with Crippen LogP contribution in [0.25, 0.3) is 0 Å². The molecule has 1 aromatic carbocycles. The fourth-order valence-corrected chi connectivity index (χ4v) is 1.31. The summed E-state index contributed by atoms with van der Waals surface area (Å²) >= 11 is 0. The molecule has 0 aliphatic carbocycles. The van der Waals surface area contributed by atoms with Crippen molar-refractivity contribution in [3.05, 3.63) is 53.7 Å². The van der Waals surface area contributed by atoms with Gasteiger partial charge in [0.2, 0.25) is 0 Å². The molecule has 0 saturated heterocycles. The maximum absolute atomic E-state index is 12.9. The number of nitriles is 1. The summed E-state index contributed by atoms with van der Waals surface area (Å²) in [6.07, 6.45) is 1.37. The van der Waals surface area contributed by atoms with Gasteiger partial charge in [0.05, 0.1) is 5.56 Å². The molecule has 1 N–H and O–H groups in total. The van der Waals surface area contributed by atoms with Gasteiger partial charge in [-0.25, -0.2) is 13.8 Å². The van der Waals surface area contributed by atoms with Crippen molar-refractivity contribution in [3.63, 3.8) is 0 Å². The molecule has 0 unspecified atom stereocenters. The minimum Gasteiger partial charge on any atom is -0.340 e. The first kappa shape index (κ1) is 11.0. The number of benzene rings is 1. The van der Waals surface area contributed by atoms with Crippen LogP contribution in [0.15, 0.2) is 36.5 Å². The highest BCUT2D eigenvalue weighted by Gasteiger charge is 2.01. The number of anilines is 2. The molecule has 5 heteroatoms. The van der Waals surface area contributed by atoms with Gasteiger partial charge in [-0.05, 0) is 24.3 Å². The van der Waals surface area contributed by atoms with E-state index in [-0.39, 0.29) is 5.69 Å². The second-order valence-electron chi connectivity index (χ2n) is 3.33. The first-order valence-electron chi connectivity index (χ1n) is 4.76. The van der Waals surface area contributed by atoms with Crippen LogP contribution < -0.4 is 5.32 Å². The fourth-order valence-electron chi connectivity index (χ4n) is 1.31. The van der Waals surface area contributed by atoms with E-state index in [1.54, 1.807) is 12.1 Å². The van der Waals surface area contributed by atoms with Crippen molar-refractivity contribution in [2.45, 2.75) is 0 Å². The van der Waals surface area contributed by atoms with E-state index >= 15 is 0 Å². The molecule has 0 radical (unpaired) electrons. The molecule has 0 saturated carbocycles. The van der Waals surface area contributed by atoms with Gasteiger partial charge in [-0.2, -0.15) is 5.26 Å². The van der Waals surface area contributed by atoms with Crippen molar-refractivity contribution in [2.24, 2.45) is 0 Å². The second kappa shape index (κ2) is 4.58. The molecule has 0 aliphatic rings. The molecular weight excluding hydrogens is 224 g/mol. The lowest BCUT2D eigenvalue weighted by molar-refractivity contribution is 0.584. The highest BCUT2D eigenvalue weighted by Crippen LogP contribution is 2.17. The zero-order chi connectivity index (χ0) is 12.3. The molecular formula is C12H7F2N3. The number of nitrogens with one attached hydrogen (secondary N) is 1. The molecule has 17 heavy (non-hydrogen) atoms. The summed E-state index contributed by atoms with van der Waals surface area (Å²) in [4.78, 5) is 3.93. The Balaban J connectivity index is 2.22. The van der Waals surface area contributed by atoms with Gasteiger partial charge in [0.25, 0.3) is 0 Å². The molecule has 1 heterocycles. The molecule has 0 bridgehead atoms. The zero-order valence-corrected chi connectivity index (χ0v) is 8.61. The third-order valence-corrected chi connectivity index (χ3v) is 2.03. The molecule has 2 aromatic rings. The van der Waals surface area contributed by atoms with Crippen LogP contribution in [-0.2, 0) is 0 Å². The number of nitrogens with zero attached hydrogens (tertiary/aromatic N) is 2. The van der Waals surface area contributed by atoms with Crippen molar-refractivity contribution in [2.75, 3.05) is 5.32 Å². The molecule has 0 atom stereocenters. The van der Waals surface area contributed by atoms with E-state index in [9.17, 15) is 8.78 Å². The van der Waals surface area contributed by atoms with Crippen LogP contribution >= 0.6 is 0 Å². The average Bonchev–Trinajstić information content (AvgIpc) is 2.28. The summed E-state index contributed by atoms with van der Waals surface area (Å²) in [5.74, 6) is -0.920. The molecule has 3 nitrogen and oxygen atoms in total. The van der Waals surface area contributed by atoms with Crippen LogP contribution in [0.1, 0.15) is 5.56 Å². The standard InChI is InChI=1S/C12H7F2N3/c13-9-3-10(14)5-11(4-9)17-12-2-1-8(6-15)7-16-12/h1-5,7H,(H,16,17). The highest BCUT2D eigenvalue weighted by molar-refractivity contribution is 5.56. The van der Waals surface area contributed by atoms with Gasteiger partial charge < -0.3 is 5.32 Å². The number of pyridine rings is 1. The Bertz CT molecular complexity index is 553. The Morgan fingerprint density at radius 2 is 1.82 bits per heavy atom. The maximum Gasteiger partial charge on any atom is 0.130 e. The molecule has 0 fully saturated rings. The smallest absolute Gasteiger partial charge is 0.130 e. The van der Waals surface area contributed by atoms with E-state index in [1.165, 1.54) is 6.20 Å². The minimum atomic E-state index is -0.666. The average molecular weight is 231 g/mol. The van der Waals surface area contributed by atoms with Crippen LogP contribution in [-0.4, -0.2) is 4.98 Å². The van der Waals surface area contributed by atoms with Crippen molar-refractivity contribution in [3.8, 4) is 6.07 Å². The first-order chi connectivity index (χ1) is 8.17. The third kappa shape index (κ3) is 2.75. The minimum absolute atomic E-state index is 0.264. The monoisotopic (exact) mass is 231 g/mol. The zero-order valence-electron chi connectivity index (χ0n) is 8.61. The van der Waals surface area contributed by atoms with Crippen molar-refractivity contribution in [1.82, 2.24) is 4.98 Å². The van der Waals surface area contributed by atoms with Crippen LogP contribution in [0.2, 0.25) is 0 Å². The maximum atomic E-state index is 12.9. The Labute approximate surface area is 96.3 Å². The largest absolute Gasteiger partial charge is 0.340 e. The molecule has 2 rings (SSSR count). The first-order valence-corrected chi connectivity index (χ1v) is 4.76. The van der Waals surface area contributed by atoms with Gasteiger partial charge in [0.15, 0.2) is 0 Å². The molecule has 0 aliphatic heterocycles. The Kier molecular flexibility index (Phi) is 2.97. The number of halogens is 2. The van der Waals surface area contributed by atoms with E-state index < -0.39 is 11.6 Å². The van der Waals surface area contributed by atoms with Gasteiger partial charge in [-0.3, -0.25) is 0 Å². The van der Waals surface area contributed by atoms with E-state index in [0.717, 1.165) is 18.2 Å². The summed E-state index contributed by atoms with van der Waals surface area (Å²) < 4.78 is 25.8. The Morgan fingerprint density at radius 1 is 1.12 bits per heavy atom. The summed E-state index contributed by atoms with van der Waals surface area (Å²) in [7, 11) is 0. The number of rotatable bonds is 2. The highest BCUT2D eigenvalue weighted by atomic mass is 19.1. The van der Waals surface area contributed by atoms with E-state index in [1.807, 2.05) is 6.07 Å². The summed E-state index contributed by atoms with van der Waals surface area (Å²) in [6, 6.07) is 8.14. The normalized spacial score (nSPS) is 9.71. The van der Waals surface area contributed by atoms with Gasteiger partial charge in [-0.15, -0.1) is 0 Å². The van der Waals surface area contributed by atoms with Crippen LogP contribution in [0.5, 0.6) is 0 Å². The molecule has 1 aromatic heterocycles. The van der Waals surface area contributed by atoms with Gasteiger partial charge in [0.1, 0.15) is 23.5 Å². The van der Waals surface area contributed by atoms with Gasteiger partial charge in [0, 0.05) is 18.0 Å². The SMILES string of the molecule is N#Cc1ccc(Nc2cc(F)cc(F)c2)nc1. The Morgan fingerprint density at radius 3 is 2.35 bits per heavy atom. The summed E-state index contributed by atoms with van der Waals surface area (Å²) in [5.41, 5.74) is 0.681. The second-order valence-corrected chi connectivity index (χ2v) is 3.33. The van der Waals surface area contributed by atoms with Crippen LogP contribution in [0.3, 0.4) is 0 Å². The van der Waals surface area contributed by atoms with Gasteiger partial charge in [-0.1, -0.05) is 0 Å². The van der Waals surface area contributed by atoms with Crippen LogP contribution in [0.4, 0.5) is 20.3 Å². The van der Waals surface area contributed by atoms with Gasteiger partial charge >= 0.3 is 0 Å². The summed E-state index contributed by atoms with van der Waals surface area (Å²) in [6.45, 7) is 0. The van der Waals surface area contributed by atoms with E-state index in [2.05, 4.69) is 10.3 Å². The van der Waals surface area contributed by atoms with Crippen molar-refractivity contribution in [1.29, 1.82) is 5.26 Å². The lowest BCUT2D eigenvalue weighted by Gasteiger charge is -2.05. The molecule has 0 spiro atoms. The van der Waals surface area contributed by atoms with Crippen molar-refractivity contribution < 1.29 is 8.78 Å². The predicted molar refractivity (Wildman–Crippen MR) is 58.6 cm³/mol. The number of hydrogen-bond acceptors (Lipinski definition) is 3. The number of hydrogen-bond donors (Lipinski definition) is 1. The summed E-state index contributed by atoms with van der Waals surface area (Å²) in [5, 5.41) is 11.3. The van der Waals surface area contributed by atoms with Crippen LogP contribution in [0, 0.1) is 23.0 Å². The lowest BCUT2D eigenvalue weighted by atomic mass is 10.3. The van der Waals surface area contributed by atoms with E-state index in [4.69, 9.17) is 5.26 Å². The fraction of sp³-hybridized carbons (Fsp3) is 0. The Hall–Kier alpha value is -2.48. The van der Waals surface area contributed by atoms with E-state index in [0.29, 0.717) is 11.4 Å². The van der Waals surface area contributed by atoms with Crippen molar-refractivity contribution >= 4 is 11.5 Å². The molecule has 0 amide bonds. The quantitative estimate of drug-likeness (QED) is 0.864. The number of aromatic nitrogens is 1. The lowest BCUT2D eigenvalue weighted by Crippen LogP contribution is -1.95. The topological polar surface area (TPSA) is 48.7 Å². The molecule has 84 valence electrons. The predicted octanol–water partition coefficient (Wildman–Crippen LogP) is 2.98.